The van der Waals surface area contributed by atoms with Crippen LogP contribution in [0, 0.1) is 0 Å². The third-order valence-electron chi connectivity index (χ3n) is 2.67. The number of halogens is 2. The number of rotatable bonds is 1. The lowest BCUT2D eigenvalue weighted by molar-refractivity contribution is 0.0658. The Morgan fingerprint density at radius 3 is 2.35 bits per heavy atom. The summed E-state index contributed by atoms with van der Waals surface area (Å²) in [6.07, 6.45) is 1.66. The number of hydrogen-bond acceptors (Lipinski definition) is 3. The molecule has 0 aromatic carbocycles. The molecule has 0 N–H and O–H groups in total. The van der Waals surface area contributed by atoms with Gasteiger partial charge in [-0.05, 0) is 19.2 Å². The summed E-state index contributed by atoms with van der Waals surface area (Å²) in [5, 5.41) is 0. The molecule has 1 saturated heterocycles. The first-order chi connectivity index (χ1) is 7.27. The number of aromatic nitrogens is 1. The number of hydrogen-bond donors (Lipinski definition) is 0. The van der Waals surface area contributed by atoms with Crippen LogP contribution in [0.15, 0.2) is 24.4 Å². The van der Waals surface area contributed by atoms with Crippen molar-refractivity contribution in [1.29, 1.82) is 0 Å². The van der Waals surface area contributed by atoms with E-state index in [1.807, 2.05) is 17.0 Å². The number of carbonyl (C=O) groups excluding carboxylic acids is 1. The minimum Gasteiger partial charge on any atom is -0.335 e. The monoisotopic (exact) mass is 277 g/mol. The van der Waals surface area contributed by atoms with Crippen LogP contribution in [0.3, 0.4) is 0 Å². The fourth-order valence-corrected chi connectivity index (χ4v) is 1.66. The molecule has 4 nitrogen and oxygen atoms in total. The van der Waals surface area contributed by atoms with E-state index in [1.54, 1.807) is 12.3 Å². The molecule has 2 rings (SSSR count). The Morgan fingerprint density at radius 1 is 1.18 bits per heavy atom. The van der Waals surface area contributed by atoms with Crippen LogP contribution in [-0.4, -0.2) is 53.9 Å². The predicted molar refractivity (Wildman–Crippen MR) is 72.1 cm³/mol. The normalized spacial score (nSPS) is 15.7. The van der Waals surface area contributed by atoms with Crippen molar-refractivity contribution in [1.82, 2.24) is 14.8 Å². The summed E-state index contributed by atoms with van der Waals surface area (Å²) in [6.45, 7) is 3.48. The van der Waals surface area contributed by atoms with Crippen LogP contribution in [-0.2, 0) is 0 Å². The minimum absolute atomic E-state index is 0. The van der Waals surface area contributed by atoms with Gasteiger partial charge in [-0.3, -0.25) is 9.78 Å². The Balaban J connectivity index is 0.00000128. The van der Waals surface area contributed by atoms with Gasteiger partial charge in [0.2, 0.25) is 0 Å². The lowest BCUT2D eigenvalue weighted by Crippen LogP contribution is -2.47. The van der Waals surface area contributed by atoms with E-state index in [4.69, 9.17) is 0 Å². The second-order valence-corrected chi connectivity index (χ2v) is 3.81. The topological polar surface area (TPSA) is 36.4 Å². The third-order valence-corrected chi connectivity index (χ3v) is 2.67. The van der Waals surface area contributed by atoms with Gasteiger partial charge in [0, 0.05) is 32.4 Å². The molecule has 1 aromatic rings. The van der Waals surface area contributed by atoms with Crippen molar-refractivity contribution >= 4 is 30.7 Å². The van der Waals surface area contributed by atoms with Gasteiger partial charge < -0.3 is 9.80 Å². The van der Waals surface area contributed by atoms with E-state index < -0.39 is 0 Å². The molecule has 0 atom stereocenters. The van der Waals surface area contributed by atoms with Crippen LogP contribution >= 0.6 is 24.8 Å². The van der Waals surface area contributed by atoms with E-state index >= 15 is 0 Å². The van der Waals surface area contributed by atoms with Gasteiger partial charge in [0.25, 0.3) is 5.91 Å². The van der Waals surface area contributed by atoms with Crippen molar-refractivity contribution in [2.24, 2.45) is 0 Å². The first-order valence-electron chi connectivity index (χ1n) is 5.16. The lowest BCUT2D eigenvalue weighted by Gasteiger charge is -2.32. The summed E-state index contributed by atoms with van der Waals surface area (Å²) in [7, 11) is 2.07. The molecular weight excluding hydrogens is 261 g/mol. The highest BCUT2D eigenvalue weighted by Gasteiger charge is 2.20. The van der Waals surface area contributed by atoms with Gasteiger partial charge in [0.1, 0.15) is 5.69 Å². The van der Waals surface area contributed by atoms with Crippen molar-refractivity contribution in [3.63, 3.8) is 0 Å². The first kappa shape index (κ1) is 16.2. The fourth-order valence-electron chi connectivity index (χ4n) is 1.66. The molecule has 0 spiro atoms. The Hall–Kier alpha value is -0.840. The number of amides is 1. The van der Waals surface area contributed by atoms with Gasteiger partial charge in [-0.25, -0.2) is 0 Å². The SMILES string of the molecule is CN1CCN(C(=O)c2ccccn2)CC1.Cl.Cl. The molecule has 0 unspecified atom stereocenters. The molecule has 96 valence electrons. The van der Waals surface area contributed by atoms with Gasteiger partial charge in [-0.1, -0.05) is 6.07 Å². The second-order valence-electron chi connectivity index (χ2n) is 3.81. The second kappa shape index (κ2) is 7.48. The van der Waals surface area contributed by atoms with Crippen molar-refractivity contribution in [3.05, 3.63) is 30.1 Å². The van der Waals surface area contributed by atoms with Crippen LogP contribution in [0.4, 0.5) is 0 Å². The summed E-state index contributed by atoms with van der Waals surface area (Å²) >= 11 is 0. The number of carbonyl (C=O) groups is 1. The lowest BCUT2D eigenvalue weighted by atomic mass is 10.2. The van der Waals surface area contributed by atoms with Gasteiger partial charge >= 0.3 is 0 Å². The molecule has 1 aliphatic heterocycles. The van der Waals surface area contributed by atoms with Gasteiger partial charge in [-0.2, -0.15) is 0 Å². The minimum atomic E-state index is 0. The third kappa shape index (κ3) is 4.15. The zero-order chi connectivity index (χ0) is 10.7. The maximum atomic E-state index is 12.0. The summed E-state index contributed by atoms with van der Waals surface area (Å²) in [5.41, 5.74) is 0.544. The van der Waals surface area contributed by atoms with Crippen LogP contribution in [0.2, 0.25) is 0 Å². The van der Waals surface area contributed by atoms with E-state index in [0.717, 1.165) is 26.2 Å². The molecule has 17 heavy (non-hydrogen) atoms. The quantitative estimate of drug-likeness (QED) is 0.777. The van der Waals surface area contributed by atoms with E-state index in [-0.39, 0.29) is 30.7 Å². The van der Waals surface area contributed by atoms with Gasteiger partial charge in [-0.15, -0.1) is 24.8 Å². The maximum Gasteiger partial charge on any atom is 0.272 e. The van der Waals surface area contributed by atoms with Crippen LogP contribution in [0.1, 0.15) is 10.5 Å². The average Bonchev–Trinajstić information content (AvgIpc) is 2.30. The van der Waals surface area contributed by atoms with Crippen molar-refractivity contribution < 1.29 is 4.79 Å². The zero-order valence-corrected chi connectivity index (χ0v) is 11.3. The number of nitrogens with zero attached hydrogens (tertiary/aromatic N) is 3. The molecule has 6 heteroatoms. The number of pyridine rings is 1. The average molecular weight is 278 g/mol. The summed E-state index contributed by atoms with van der Waals surface area (Å²) in [5.74, 6) is 0.0451. The molecule has 1 amide bonds. The smallest absolute Gasteiger partial charge is 0.272 e. The Morgan fingerprint density at radius 2 is 1.82 bits per heavy atom. The summed E-state index contributed by atoms with van der Waals surface area (Å²) in [6, 6.07) is 5.43. The van der Waals surface area contributed by atoms with Crippen LogP contribution in [0.5, 0.6) is 0 Å². The Bertz CT molecular complexity index is 340. The number of likely N-dealkylation sites (N-methyl/N-ethyl adjacent to an activating group) is 1. The molecule has 1 aromatic heterocycles. The predicted octanol–water partition coefficient (Wildman–Crippen LogP) is 1.31. The van der Waals surface area contributed by atoms with Gasteiger partial charge in [0.05, 0.1) is 0 Å². The zero-order valence-electron chi connectivity index (χ0n) is 9.70. The van der Waals surface area contributed by atoms with Crippen molar-refractivity contribution in [2.45, 2.75) is 0 Å². The van der Waals surface area contributed by atoms with Gasteiger partial charge in [0.15, 0.2) is 0 Å². The van der Waals surface area contributed by atoms with Crippen molar-refractivity contribution in [3.8, 4) is 0 Å². The summed E-state index contributed by atoms with van der Waals surface area (Å²) < 4.78 is 0. The van der Waals surface area contributed by atoms with Crippen LogP contribution in [0.25, 0.3) is 0 Å². The molecule has 0 aliphatic carbocycles. The molecular formula is C11H17Cl2N3O. The summed E-state index contributed by atoms with van der Waals surface area (Å²) in [4.78, 5) is 20.1. The first-order valence-corrected chi connectivity index (χ1v) is 5.16. The van der Waals surface area contributed by atoms with E-state index in [1.165, 1.54) is 0 Å². The highest BCUT2D eigenvalue weighted by molar-refractivity contribution is 5.92. The molecule has 0 radical (unpaired) electrons. The Kier molecular flexibility index (Phi) is 7.11. The van der Waals surface area contributed by atoms with Crippen molar-refractivity contribution in [2.75, 3.05) is 33.2 Å². The van der Waals surface area contributed by atoms with E-state index in [0.29, 0.717) is 5.69 Å². The Labute approximate surface area is 114 Å². The largest absolute Gasteiger partial charge is 0.335 e. The van der Waals surface area contributed by atoms with Crippen LogP contribution < -0.4 is 0 Å². The highest BCUT2D eigenvalue weighted by atomic mass is 35.5. The van der Waals surface area contributed by atoms with E-state index in [9.17, 15) is 4.79 Å². The standard InChI is InChI=1S/C11H15N3O.2ClH/c1-13-6-8-14(9-7-13)11(15)10-4-2-3-5-12-10;;/h2-5H,6-9H2,1H3;2*1H. The maximum absolute atomic E-state index is 12.0. The number of piperazine rings is 1. The molecule has 0 saturated carbocycles. The molecule has 2 heterocycles. The van der Waals surface area contributed by atoms with E-state index in [2.05, 4.69) is 16.9 Å². The highest BCUT2D eigenvalue weighted by Crippen LogP contribution is 2.05. The molecule has 1 fully saturated rings. The molecule has 1 aliphatic rings. The fraction of sp³-hybridized carbons (Fsp3) is 0.455. The molecule has 0 bridgehead atoms.